The van der Waals surface area contributed by atoms with Crippen molar-refractivity contribution in [3.63, 3.8) is 0 Å². The number of hydrogen-bond acceptors (Lipinski definition) is 3. The molecule has 0 amide bonds. The van der Waals surface area contributed by atoms with E-state index >= 15 is 0 Å². The van der Waals surface area contributed by atoms with Crippen LogP contribution in [0, 0.1) is 6.92 Å². The minimum atomic E-state index is 0.186. The Morgan fingerprint density at radius 1 is 1.29 bits per heavy atom. The van der Waals surface area contributed by atoms with Crippen molar-refractivity contribution in [1.82, 2.24) is 9.88 Å². The van der Waals surface area contributed by atoms with E-state index in [-0.39, 0.29) is 5.43 Å². The first kappa shape index (κ1) is 17.0. The van der Waals surface area contributed by atoms with E-state index in [0.29, 0.717) is 6.04 Å². The Morgan fingerprint density at radius 2 is 2.08 bits per heavy atom. The number of pyridine rings is 1. The Morgan fingerprint density at radius 3 is 2.79 bits per heavy atom. The van der Waals surface area contributed by atoms with Crippen molar-refractivity contribution >= 4 is 16.6 Å². The molecule has 4 heteroatoms. The molecule has 1 fully saturated rings. The molecule has 1 aromatic carbocycles. The molecule has 0 unspecified atom stereocenters. The predicted octanol–water partition coefficient (Wildman–Crippen LogP) is 3.67. The van der Waals surface area contributed by atoms with Gasteiger partial charge in [-0.05, 0) is 50.9 Å². The SMILES string of the molecule is CC[C@H]1CCCCN1Cc1c(C)[nH]c2ccc(N(C)C)cc2c1=O. The lowest BCUT2D eigenvalue weighted by Gasteiger charge is -2.35. The van der Waals surface area contributed by atoms with Gasteiger partial charge in [-0.25, -0.2) is 0 Å². The number of likely N-dealkylation sites (tertiary alicyclic amines) is 1. The minimum absolute atomic E-state index is 0.186. The number of anilines is 1. The van der Waals surface area contributed by atoms with Crippen LogP contribution < -0.4 is 10.3 Å². The summed E-state index contributed by atoms with van der Waals surface area (Å²) >= 11 is 0. The van der Waals surface area contributed by atoms with Crippen LogP contribution in [-0.4, -0.2) is 36.6 Å². The summed E-state index contributed by atoms with van der Waals surface area (Å²) in [6, 6.07) is 6.68. The largest absolute Gasteiger partial charge is 0.378 e. The zero-order valence-corrected chi connectivity index (χ0v) is 15.4. The molecule has 130 valence electrons. The lowest BCUT2D eigenvalue weighted by atomic mass is 9.98. The fourth-order valence-corrected chi connectivity index (χ4v) is 3.84. The molecule has 0 bridgehead atoms. The molecule has 1 N–H and O–H groups in total. The van der Waals surface area contributed by atoms with Crippen molar-refractivity contribution in [3.8, 4) is 0 Å². The molecule has 2 aromatic rings. The summed E-state index contributed by atoms with van der Waals surface area (Å²) < 4.78 is 0. The van der Waals surface area contributed by atoms with Crippen LogP contribution in [0.2, 0.25) is 0 Å². The maximum atomic E-state index is 13.1. The summed E-state index contributed by atoms with van der Waals surface area (Å²) in [5.74, 6) is 0. The van der Waals surface area contributed by atoms with Gasteiger partial charge >= 0.3 is 0 Å². The fraction of sp³-hybridized carbons (Fsp3) is 0.550. The number of H-pyrrole nitrogens is 1. The van der Waals surface area contributed by atoms with Gasteiger partial charge in [-0.3, -0.25) is 9.69 Å². The molecule has 0 radical (unpaired) electrons. The summed E-state index contributed by atoms with van der Waals surface area (Å²) in [5, 5.41) is 0.798. The number of benzene rings is 1. The van der Waals surface area contributed by atoms with E-state index in [4.69, 9.17) is 0 Å². The van der Waals surface area contributed by atoms with Gasteiger partial charge in [0.2, 0.25) is 0 Å². The summed E-state index contributed by atoms with van der Waals surface area (Å²) in [6.45, 7) is 6.15. The van der Waals surface area contributed by atoms with Crippen LogP contribution in [0.3, 0.4) is 0 Å². The van der Waals surface area contributed by atoms with Gasteiger partial charge in [0, 0.05) is 54.5 Å². The van der Waals surface area contributed by atoms with Gasteiger partial charge in [0.15, 0.2) is 5.43 Å². The lowest BCUT2D eigenvalue weighted by molar-refractivity contribution is 0.135. The zero-order chi connectivity index (χ0) is 17.3. The first-order valence-corrected chi connectivity index (χ1v) is 9.08. The molecule has 0 aliphatic carbocycles. The third-order valence-corrected chi connectivity index (χ3v) is 5.39. The minimum Gasteiger partial charge on any atom is -0.378 e. The summed E-state index contributed by atoms with van der Waals surface area (Å²) in [5.41, 5.74) is 4.11. The van der Waals surface area contributed by atoms with E-state index in [1.165, 1.54) is 19.3 Å². The molecular weight excluding hydrogens is 298 g/mol. The molecule has 4 nitrogen and oxygen atoms in total. The molecule has 0 saturated carbocycles. The Kier molecular flexibility index (Phi) is 4.95. The molecular formula is C20H29N3O. The summed E-state index contributed by atoms with van der Waals surface area (Å²) in [7, 11) is 4.01. The second-order valence-electron chi connectivity index (χ2n) is 7.21. The van der Waals surface area contributed by atoms with Crippen LogP contribution >= 0.6 is 0 Å². The monoisotopic (exact) mass is 327 g/mol. The highest BCUT2D eigenvalue weighted by atomic mass is 16.1. The Hall–Kier alpha value is -1.81. The van der Waals surface area contributed by atoms with E-state index in [1.807, 2.05) is 38.1 Å². The fourth-order valence-electron chi connectivity index (χ4n) is 3.84. The second-order valence-corrected chi connectivity index (χ2v) is 7.21. The highest BCUT2D eigenvalue weighted by molar-refractivity contribution is 5.83. The number of rotatable bonds is 4. The third kappa shape index (κ3) is 3.20. The molecule has 2 heterocycles. The number of aryl methyl sites for hydroxylation is 1. The summed E-state index contributed by atoms with van der Waals surface area (Å²) in [6.07, 6.45) is 4.97. The van der Waals surface area contributed by atoms with Gasteiger partial charge in [0.1, 0.15) is 0 Å². The van der Waals surface area contributed by atoms with E-state index in [0.717, 1.165) is 47.4 Å². The van der Waals surface area contributed by atoms with Crippen LogP contribution in [0.4, 0.5) is 5.69 Å². The van der Waals surface area contributed by atoms with E-state index < -0.39 is 0 Å². The number of aromatic nitrogens is 1. The molecule has 1 atom stereocenters. The molecule has 24 heavy (non-hydrogen) atoms. The van der Waals surface area contributed by atoms with Gasteiger partial charge in [-0.2, -0.15) is 0 Å². The van der Waals surface area contributed by atoms with Gasteiger partial charge < -0.3 is 9.88 Å². The second kappa shape index (κ2) is 6.98. The normalized spacial score (nSPS) is 18.9. The third-order valence-electron chi connectivity index (χ3n) is 5.39. The van der Waals surface area contributed by atoms with Gasteiger partial charge in [0.25, 0.3) is 0 Å². The number of hydrogen-bond donors (Lipinski definition) is 1. The van der Waals surface area contributed by atoms with Crippen LogP contribution in [-0.2, 0) is 6.54 Å². The predicted molar refractivity (Wildman–Crippen MR) is 102 cm³/mol. The topological polar surface area (TPSA) is 39.3 Å². The number of aromatic amines is 1. The Bertz CT molecular complexity index is 778. The van der Waals surface area contributed by atoms with Crippen LogP contribution in [0.1, 0.15) is 43.9 Å². The van der Waals surface area contributed by atoms with Crippen molar-refractivity contribution in [2.45, 2.75) is 52.1 Å². The van der Waals surface area contributed by atoms with E-state index in [9.17, 15) is 4.79 Å². The zero-order valence-electron chi connectivity index (χ0n) is 15.4. The maximum Gasteiger partial charge on any atom is 0.194 e. The lowest BCUT2D eigenvalue weighted by Crippen LogP contribution is -2.39. The van der Waals surface area contributed by atoms with Gasteiger partial charge in [0.05, 0.1) is 0 Å². The Labute approximate surface area is 144 Å². The number of nitrogens with one attached hydrogen (secondary N) is 1. The van der Waals surface area contributed by atoms with Crippen molar-refractivity contribution in [2.75, 3.05) is 25.5 Å². The number of piperidine rings is 1. The molecule has 3 rings (SSSR count). The van der Waals surface area contributed by atoms with Crippen LogP contribution in [0.5, 0.6) is 0 Å². The quantitative estimate of drug-likeness (QED) is 0.931. The molecule has 1 saturated heterocycles. The van der Waals surface area contributed by atoms with Crippen molar-refractivity contribution in [2.24, 2.45) is 0 Å². The smallest absolute Gasteiger partial charge is 0.194 e. The van der Waals surface area contributed by atoms with Crippen LogP contribution in [0.15, 0.2) is 23.0 Å². The van der Waals surface area contributed by atoms with Crippen molar-refractivity contribution < 1.29 is 0 Å². The molecule has 1 aromatic heterocycles. The van der Waals surface area contributed by atoms with Crippen molar-refractivity contribution in [1.29, 1.82) is 0 Å². The average Bonchev–Trinajstić information content (AvgIpc) is 2.58. The highest BCUT2D eigenvalue weighted by Gasteiger charge is 2.23. The van der Waals surface area contributed by atoms with E-state index in [1.54, 1.807) is 0 Å². The first-order valence-electron chi connectivity index (χ1n) is 9.08. The van der Waals surface area contributed by atoms with Crippen LogP contribution in [0.25, 0.3) is 10.9 Å². The average molecular weight is 327 g/mol. The Balaban J connectivity index is 2.02. The van der Waals surface area contributed by atoms with Gasteiger partial charge in [-0.1, -0.05) is 13.3 Å². The molecule has 1 aliphatic heterocycles. The van der Waals surface area contributed by atoms with Crippen molar-refractivity contribution in [3.05, 3.63) is 39.7 Å². The van der Waals surface area contributed by atoms with E-state index in [2.05, 4.69) is 22.9 Å². The maximum absolute atomic E-state index is 13.1. The molecule has 0 spiro atoms. The number of nitrogens with zero attached hydrogens (tertiary/aromatic N) is 2. The standard InChI is InChI=1S/C20H29N3O/c1-5-15-8-6-7-11-23(15)13-18-14(2)21-19-10-9-16(22(3)4)12-17(19)20(18)24/h9-10,12,15H,5-8,11,13H2,1-4H3,(H,21,24)/t15-/m0/s1. The molecule has 1 aliphatic rings. The first-order chi connectivity index (χ1) is 11.5. The number of fused-ring (bicyclic) bond motifs is 1. The summed E-state index contributed by atoms with van der Waals surface area (Å²) in [4.78, 5) is 21.1. The highest BCUT2D eigenvalue weighted by Crippen LogP contribution is 2.23. The van der Waals surface area contributed by atoms with Gasteiger partial charge in [-0.15, -0.1) is 0 Å².